The number of rotatable bonds is 7. The van der Waals surface area contributed by atoms with Crippen LogP contribution in [0.25, 0.3) is 0 Å². The van der Waals surface area contributed by atoms with Crippen LogP contribution in [0.15, 0.2) is 0 Å². The van der Waals surface area contributed by atoms with E-state index >= 15 is 0 Å². The highest BCUT2D eigenvalue weighted by atomic mass is 16.5. The highest BCUT2D eigenvalue weighted by Crippen LogP contribution is 2.43. The van der Waals surface area contributed by atoms with Gasteiger partial charge in [-0.15, -0.1) is 0 Å². The van der Waals surface area contributed by atoms with Crippen molar-refractivity contribution in [2.75, 3.05) is 26.4 Å². The summed E-state index contributed by atoms with van der Waals surface area (Å²) in [5.74, 6) is 0. The maximum atomic E-state index is 5.61. The molecule has 0 atom stereocenters. The van der Waals surface area contributed by atoms with Gasteiger partial charge < -0.3 is 9.47 Å². The Morgan fingerprint density at radius 3 is 2.23 bits per heavy atom. The quantitative estimate of drug-likeness (QED) is 0.569. The van der Waals surface area contributed by atoms with Crippen molar-refractivity contribution in [1.82, 2.24) is 0 Å². The van der Waals surface area contributed by atoms with Crippen LogP contribution in [0.1, 0.15) is 39.5 Å². The van der Waals surface area contributed by atoms with Crippen LogP contribution < -0.4 is 0 Å². The van der Waals surface area contributed by atoms with Crippen LogP contribution in [0.3, 0.4) is 0 Å². The fourth-order valence-corrected chi connectivity index (χ4v) is 1.83. The van der Waals surface area contributed by atoms with Crippen molar-refractivity contribution in [1.29, 1.82) is 0 Å². The molecule has 0 saturated heterocycles. The van der Waals surface area contributed by atoms with Crippen molar-refractivity contribution in [2.45, 2.75) is 39.5 Å². The standard InChI is InChI=1S/C11H22O2/c1-3-11(6-5-7-11)10-13-9-8-12-4-2/h3-10H2,1-2H3. The van der Waals surface area contributed by atoms with Crippen molar-refractivity contribution >= 4 is 0 Å². The van der Waals surface area contributed by atoms with E-state index in [1.54, 1.807) is 0 Å². The minimum atomic E-state index is 0.534. The van der Waals surface area contributed by atoms with E-state index in [1.807, 2.05) is 6.92 Å². The van der Waals surface area contributed by atoms with Crippen LogP contribution in [0.5, 0.6) is 0 Å². The smallest absolute Gasteiger partial charge is 0.0700 e. The van der Waals surface area contributed by atoms with Crippen molar-refractivity contribution in [3.63, 3.8) is 0 Å². The van der Waals surface area contributed by atoms with E-state index in [1.165, 1.54) is 25.7 Å². The molecule has 0 heterocycles. The summed E-state index contributed by atoms with van der Waals surface area (Å²) in [5.41, 5.74) is 0.534. The topological polar surface area (TPSA) is 18.5 Å². The van der Waals surface area contributed by atoms with Gasteiger partial charge in [-0.1, -0.05) is 13.3 Å². The van der Waals surface area contributed by atoms with E-state index < -0.39 is 0 Å². The van der Waals surface area contributed by atoms with Gasteiger partial charge in [0.2, 0.25) is 0 Å². The minimum absolute atomic E-state index is 0.534. The lowest BCUT2D eigenvalue weighted by atomic mass is 9.68. The zero-order chi connectivity index (χ0) is 9.57. The van der Waals surface area contributed by atoms with Gasteiger partial charge in [0.1, 0.15) is 0 Å². The van der Waals surface area contributed by atoms with Gasteiger partial charge in [-0.25, -0.2) is 0 Å². The zero-order valence-corrected chi connectivity index (χ0v) is 8.97. The van der Waals surface area contributed by atoms with Crippen molar-refractivity contribution in [3.05, 3.63) is 0 Å². The zero-order valence-electron chi connectivity index (χ0n) is 8.97. The van der Waals surface area contributed by atoms with E-state index in [0.29, 0.717) is 5.41 Å². The Labute approximate surface area is 81.6 Å². The predicted octanol–water partition coefficient (Wildman–Crippen LogP) is 2.62. The van der Waals surface area contributed by atoms with Gasteiger partial charge in [-0.05, 0) is 31.6 Å². The molecule has 0 unspecified atom stereocenters. The Hall–Kier alpha value is -0.0800. The number of hydrogen-bond acceptors (Lipinski definition) is 2. The Bertz CT molecular complexity index is 125. The average molecular weight is 186 g/mol. The molecule has 2 heteroatoms. The summed E-state index contributed by atoms with van der Waals surface area (Å²) in [6.45, 7) is 7.52. The molecule has 1 aliphatic rings. The molecule has 0 aromatic rings. The molecule has 1 fully saturated rings. The largest absolute Gasteiger partial charge is 0.379 e. The maximum Gasteiger partial charge on any atom is 0.0700 e. The monoisotopic (exact) mass is 186 g/mol. The first kappa shape index (κ1) is 11.0. The van der Waals surface area contributed by atoms with Crippen molar-refractivity contribution in [2.24, 2.45) is 5.41 Å². The van der Waals surface area contributed by atoms with Crippen LogP contribution >= 0.6 is 0 Å². The van der Waals surface area contributed by atoms with Crippen LogP contribution in [0, 0.1) is 5.41 Å². The van der Waals surface area contributed by atoms with Gasteiger partial charge in [-0.2, -0.15) is 0 Å². The predicted molar refractivity (Wildman–Crippen MR) is 53.9 cm³/mol. The molecule has 1 aliphatic carbocycles. The van der Waals surface area contributed by atoms with Crippen LogP contribution in [-0.4, -0.2) is 26.4 Å². The van der Waals surface area contributed by atoms with E-state index in [9.17, 15) is 0 Å². The highest BCUT2D eigenvalue weighted by Gasteiger charge is 2.34. The molecule has 0 aromatic carbocycles. The van der Waals surface area contributed by atoms with Crippen molar-refractivity contribution < 1.29 is 9.47 Å². The second-order valence-electron chi connectivity index (χ2n) is 3.96. The van der Waals surface area contributed by atoms with Crippen LogP contribution in [0.2, 0.25) is 0 Å². The van der Waals surface area contributed by atoms with E-state index in [2.05, 4.69) is 6.92 Å². The number of hydrogen-bond donors (Lipinski definition) is 0. The first-order chi connectivity index (χ1) is 6.33. The first-order valence-corrected chi connectivity index (χ1v) is 5.48. The fourth-order valence-electron chi connectivity index (χ4n) is 1.83. The number of ether oxygens (including phenoxy) is 2. The lowest BCUT2D eigenvalue weighted by Crippen LogP contribution is -2.34. The third-order valence-corrected chi connectivity index (χ3v) is 3.15. The lowest BCUT2D eigenvalue weighted by Gasteiger charge is -2.40. The van der Waals surface area contributed by atoms with Gasteiger partial charge >= 0.3 is 0 Å². The molecule has 0 aliphatic heterocycles. The Morgan fingerprint density at radius 1 is 1.08 bits per heavy atom. The van der Waals surface area contributed by atoms with Crippen LogP contribution in [0.4, 0.5) is 0 Å². The van der Waals surface area contributed by atoms with Crippen molar-refractivity contribution in [3.8, 4) is 0 Å². The van der Waals surface area contributed by atoms with Gasteiger partial charge in [-0.3, -0.25) is 0 Å². The van der Waals surface area contributed by atoms with Gasteiger partial charge in [0.05, 0.1) is 19.8 Å². The molecule has 13 heavy (non-hydrogen) atoms. The summed E-state index contributed by atoms with van der Waals surface area (Å²) in [7, 11) is 0. The lowest BCUT2D eigenvalue weighted by molar-refractivity contribution is -0.0285. The molecular weight excluding hydrogens is 164 g/mol. The van der Waals surface area contributed by atoms with Gasteiger partial charge in [0.15, 0.2) is 0 Å². The SMILES string of the molecule is CCOCCOCC1(CC)CCC1. The molecule has 0 radical (unpaired) electrons. The van der Waals surface area contributed by atoms with Crippen LogP contribution in [-0.2, 0) is 9.47 Å². The molecule has 0 spiro atoms. The summed E-state index contributed by atoms with van der Waals surface area (Å²) in [6.07, 6.45) is 5.38. The summed E-state index contributed by atoms with van der Waals surface area (Å²) < 4.78 is 10.8. The molecule has 1 rings (SSSR count). The Balaban J connectivity index is 1.98. The molecular formula is C11H22O2. The second kappa shape index (κ2) is 5.61. The maximum absolute atomic E-state index is 5.61. The fraction of sp³-hybridized carbons (Fsp3) is 1.00. The Kier molecular flexibility index (Phi) is 4.74. The molecule has 78 valence electrons. The first-order valence-electron chi connectivity index (χ1n) is 5.48. The van der Waals surface area contributed by atoms with Gasteiger partial charge in [0, 0.05) is 6.61 Å². The molecule has 0 amide bonds. The minimum Gasteiger partial charge on any atom is -0.379 e. The Morgan fingerprint density at radius 2 is 1.77 bits per heavy atom. The molecule has 0 bridgehead atoms. The van der Waals surface area contributed by atoms with E-state index in [0.717, 1.165) is 26.4 Å². The van der Waals surface area contributed by atoms with Gasteiger partial charge in [0.25, 0.3) is 0 Å². The summed E-state index contributed by atoms with van der Waals surface area (Å²) >= 11 is 0. The average Bonchev–Trinajstić information content (AvgIpc) is 2.09. The highest BCUT2D eigenvalue weighted by molar-refractivity contribution is 4.86. The summed E-state index contributed by atoms with van der Waals surface area (Å²) in [4.78, 5) is 0. The summed E-state index contributed by atoms with van der Waals surface area (Å²) in [6, 6.07) is 0. The molecule has 0 aromatic heterocycles. The molecule has 0 N–H and O–H groups in total. The third-order valence-electron chi connectivity index (χ3n) is 3.15. The van der Waals surface area contributed by atoms with E-state index in [-0.39, 0.29) is 0 Å². The third kappa shape index (κ3) is 3.28. The summed E-state index contributed by atoms with van der Waals surface area (Å²) in [5, 5.41) is 0. The normalized spacial score (nSPS) is 19.8. The molecule has 2 nitrogen and oxygen atoms in total. The second-order valence-corrected chi connectivity index (χ2v) is 3.96. The molecule has 1 saturated carbocycles. The van der Waals surface area contributed by atoms with E-state index in [4.69, 9.17) is 9.47 Å².